The molecule has 6 nitrogen and oxygen atoms in total. The fourth-order valence-corrected chi connectivity index (χ4v) is 3.48. The van der Waals surface area contributed by atoms with E-state index in [1.807, 2.05) is 20.9 Å². The Morgan fingerprint density at radius 3 is 2.55 bits per heavy atom. The Kier molecular flexibility index (Phi) is 4.79. The van der Waals surface area contributed by atoms with Crippen LogP contribution in [0, 0.1) is 13.8 Å². The largest absolute Gasteiger partial charge is 0.495 e. The number of aromatic nitrogens is 2. The van der Waals surface area contributed by atoms with Crippen LogP contribution < -0.4 is 9.46 Å². The van der Waals surface area contributed by atoms with Crippen LogP contribution in [0.2, 0.25) is 5.02 Å². The highest BCUT2D eigenvalue weighted by atomic mass is 35.5. The third kappa shape index (κ3) is 3.26. The molecule has 0 radical (unpaired) electrons. The Labute approximate surface area is 135 Å². The molecule has 0 atom stereocenters. The van der Waals surface area contributed by atoms with Crippen molar-refractivity contribution in [3.8, 4) is 5.75 Å². The SMILES string of the molecule is COc1ccc(S(=O)(=O)NCc2c(C)nn(C)c2C)cc1Cl. The van der Waals surface area contributed by atoms with Gasteiger partial charge in [0.05, 0.1) is 22.7 Å². The van der Waals surface area contributed by atoms with Gasteiger partial charge in [-0.15, -0.1) is 0 Å². The number of nitrogens with zero attached hydrogens (tertiary/aromatic N) is 2. The van der Waals surface area contributed by atoms with Crippen molar-refractivity contribution in [3.63, 3.8) is 0 Å². The molecule has 0 aliphatic carbocycles. The van der Waals surface area contributed by atoms with E-state index in [0.29, 0.717) is 5.75 Å². The summed E-state index contributed by atoms with van der Waals surface area (Å²) >= 11 is 5.98. The average molecular weight is 344 g/mol. The third-order valence-electron chi connectivity index (χ3n) is 3.53. The highest BCUT2D eigenvalue weighted by molar-refractivity contribution is 7.89. The molecular formula is C14H18ClN3O3S. The number of nitrogens with one attached hydrogen (secondary N) is 1. The summed E-state index contributed by atoms with van der Waals surface area (Å²) in [5, 5.41) is 4.51. The lowest BCUT2D eigenvalue weighted by atomic mass is 10.2. The van der Waals surface area contributed by atoms with Crippen molar-refractivity contribution < 1.29 is 13.2 Å². The van der Waals surface area contributed by atoms with Gasteiger partial charge in [0, 0.05) is 24.8 Å². The Bertz CT molecular complexity index is 800. The first-order valence-electron chi connectivity index (χ1n) is 6.58. The number of benzene rings is 1. The number of hydrogen-bond donors (Lipinski definition) is 1. The van der Waals surface area contributed by atoms with E-state index in [9.17, 15) is 8.42 Å². The lowest BCUT2D eigenvalue weighted by molar-refractivity contribution is 0.414. The minimum atomic E-state index is -3.66. The standard InChI is InChI=1S/C14H18ClN3O3S/c1-9-12(10(2)18(3)17-9)8-16-22(19,20)11-5-6-14(21-4)13(15)7-11/h5-7,16H,8H2,1-4H3. The summed E-state index contributed by atoms with van der Waals surface area (Å²) in [6, 6.07) is 4.35. The minimum absolute atomic E-state index is 0.0949. The van der Waals surface area contributed by atoms with Gasteiger partial charge in [-0.2, -0.15) is 5.10 Å². The number of rotatable bonds is 5. The Morgan fingerprint density at radius 1 is 1.36 bits per heavy atom. The Morgan fingerprint density at radius 2 is 2.05 bits per heavy atom. The molecule has 1 heterocycles. The van der Waals surface area contributed by atoms with Crippen molar-refractivity contribution in [2.24, 2.45) is 7.05 Å². The van der Waals surface area contributed by atoms with Crippen molar-refractivity contribution in [2.45, 2.75) is 25.3 Å². The summed E-state index contributed by atoms with van der Waals surface area (Å²) in [5.41, 5.74) is 2.59. The fourth-order valence-electron chi connectivity index (χ4n) is 2.14. The second-order valence-corrected chi connectivity index (χ2v) is 7.07. The topological polar surface area (TPSA) is 73.2 Å². The van der Waals surface area contributed by atoms with E-state index in [1.54, 1.807) is 4.68 Å². The molecule has 22 heavy (non-hydrogen) atoms. The summed E-state index contributed by atoms with van der Waals surface area (Å²) in [6.45, 7) is 3.92. The normalized spacial score (nSPS) is 11.7. The van der Waals surface area contributed by atoms with Gasteiger partial charge in [0.25, 0.3) is 0 Å². The lowest BCUT2D eigenvalue weighted by Crippen LogP contribution is -2.23. The van der Waals surface area contributed by atoms with Crippen LogP contribution in [-0.4, -0.2) is 25.3 Å². The molecule has 0 saturated carbocycles. The number of ether oxygens (including phenoxy) is 1. The summed E-state index contributed by atoms with van der Waals surface area (Å²) in [5.74, 6) is 0.430. The molecule has 0 bridgehead atoms. The van der Waals surface area contributed by atoms with Gasteiger partial charge in [-0.3, -0.25) is 4.68 Å². The van der Waals surface area contributed by atoms with Crippen molar-refractivity contribution >= 4 is 21.6 Å². The molecule has 1 aromatic carbocycles. The zero-order chi connectivity index (χ0) is 16.5. The molecule has 0 amide bonds. The molecule has 1 N–H and O–H groups in total. The van der Waals surface area contributed by atoms with E-state index >= 15 is 0 Å². The second-order valence-electron chi connectivity index (χ2n) is 4.89. The molecule has 0 saturated heterocycles. The van der Waals surface area contributed by atoms with Crippen LogP contribution in [0.25, 0.3) is 0 Å². The van der Waals surface area contributed by atoms with Crippen LogP contribution in [0.4, 0.5) is 0 Å². The van der Waals surface area contributed by atoms with Crippen molar-refractivity contribution in [1.29, 1.82) is 0 Å². The molecule has 2 aromatic rings. The number of aryl methyl sites for hydroxylation is 2. The van der Waals surface area contributed by atoms with Gasteiger partial charge < -0.3 is 4.74 Å². The van der Waals surface area contributed by atoms with Gasteiger partial charge in [0.15, 0.2) is 0 Å². The number of sulfonamides is 1. The summed E-state index contributed by atoms with van der Waals surface area (Å²) in [6.07, 6.45) is 0. The predicted octanol–water partition coefficient (Wildman–Crippen LogP) is 2.18. The van der Waals surface area contributed by atoms with Gasteiger partial charge in [-0.1, -0.05) is 11.6 Å². The van der Waals surface area contributed by atoms with Crippen molar-refractivity contribution in [2.75, 3.05) is 7.11 Å². The molecule has 0 spiro atoms. The van der Waals surface area contributed by atoms with E-state index in [2.05, 4.69) is 9.82 Å². The zero-order valence-corrected chi connectivity index (χ0v) is 14.4. The Hall–Kier alpha value is -1.57. The molecule has 1 aromatic heterocycles. The van der Waals surface area contributed by atoms with Gasteiger partial charge in [-0.05, 0) is 32.0 Å². The molecule has 120 valence electrons. The van der Waals surface area contributed by atoms with Crippen LogP contribution in [-0.2, 0) is 23.6 Å². The van der Waals surface area contributed by atoms with Gasteiger partial charge in [-0.25, -0.2) is 13.1 Å². The summed E-state index contributed by atoms with van der Waals surface area (Å²) in [4.78, 5) is 0.0949. The van der Waals surface area contributed by atoms with E-state index in [1.165, 1.54) is 25.3 Å². The first kappa shape index (κ1) is 16.8. The smallest absolute Gasteiger partial charge is 0.240 e. The molecular weight excluding hydrogens is 326 g/mol. The van der Waals surface area contributed by atoms with E-state index in [-0.39, 0.29) is 16.5 Å². The van der Waals surface area contributed by atoms with Gasteiger partial charge >= 0.3 is 0 Å². The highest BCUT2D eigenvalue weighted by Crippen LogP contribution is 2.27. The maximum atomic E-state index is 12.3. The average Bonchev–Trinajstić information content (AvgIpc) is 2.70. The van der Waals surface area contributed by atoms with Crippen molar-refractivity contribution in [3.05, 3.63) is 40.2 Å². The molecule has 0 aliphatic heterocycles. The zero-order valence-electron chi connectivity index (χ0n) is 12.8. The minimum Gasteiger partial charge on any atom is -0.495 e. The van der Waals surface area contributed by atoms with Crippen molar-refractivity contribution in [1.82, 2.24) is 14.5 Å². The molecule has 0 fully saturated rings. The number of halogens is 1. The highest BCUT2D eigenvalue weighted by Gasteiger charge is 2.18. The van der Waals surface area contributed by atoms with E-state index in [0.717, 1.165) is 17.0 Å². The maximum absolute atomic E-state index is 12.3. The molecule has 2 rings (SSSR count). The lowest BCUT2D eigenvalue weighted by Gasteiger charge is -2.09. The first-order valence-corrected chi connectivity index (χ1v) is 8.44. The number of methoxy groups -OCH3 is 1. The van der Waals surface area contributed by atoms with Gasteiger partial charge in [0.2, 0.25) is 10.0 Å². The van der Waals surface area contributed by atoms with E-state index in [4.69, 9.17) is 16.3 Å². The quantitative estimate of drug-likeness (QED) is 0.903. The third-order valence-corrected chi connectivity index (χ3v) is 5.23. The van der Waals surface area contributed by atoms with E-state index < -0.39 is 10.0 Å². The monoisotopic (exact) mass is 343 g/mol. The summed E-state index contributed by atoms with van der Waals surface area (Å²) < 4.78 is 34.0. The van der Waals surface area contributed by atoms with Crippen LogP contribution in [0.1, 0.15) is 17.0 Å². The molecule has 0 aliphatic rings. The number of hydrogen-bond acceptors (Lipinski definition) is 4. The predicted molar refractivity (Wildman–Crippen MR) is 84.7 cm³/mol. The molecule has 0 unspecified atom stereocenters. The van der Waals surface area contributed by atoms with Crippen LogP contribution >= 0.6 is 11.6 Å². The molecule has 8 heteroatoms. The Balaban J connectivity index is 2.23. The van der Waals surface area contributed by atoms with Crippen LogP contribution in [0.3, 0.4) is 0 Å². The summed E-state index contributed by atoms with van der Waals surface area (Å²) in [7, 11) is -0.360. The van der Waals surface area contributed by atoms with Crippen LogP contribution in [0.15, 0.2) is 23.1 Å². The first-order chi connectivity index (χ1) is 10.3. The second kappa shape index (κ2) is 6.28. The fraction of sp³-hybridized carbons (Fsp3) is 0.357. The maximum Gasteiger partial charge on any atom is 0.240 e. The van der Waals surface area contributed by atoms with Crippen LogP contribution in [0.5, 0.6) is 5.75 Å². The van der Waals surface area contributed by atoms with Gasteiger partial charge in [0.1, 0.15) is 5.75 Å².